The Morgan fingerprint density at radius 1 is 1.06 bits per heavy atom. The third-order valence-electron chi connectivity index (χ3n) is 7.20. The van der Waals surface area contributed by atoms with Crippen LogP contribution in [0.15, 0.2) is 0 Å². The van der Waals surface area contributed by atoms with E-state index in [1.807, 2.05) is 0 Å². The van der Waals surface area contributed by atoms with Gasteiger partial charge in [-0.1, -0.05) is 33.1 Å². The van der Waals surface area contributed by atoms with Crippen molar-refractivity contribution in [3.8, 4) is 0 Å². The van der Waals surface area contributed by atoms with Crippen molar-refractivity contribution in [1.82, 2.24) is 21.3 Å². The molecule has 3 aliphatic rings. The van der Waals surface area contributed by atoms with Crippen molar-refractivity contribution in [2.75, 3.05) is 13.2 Å². The predicted molar refractivity (Wildman–Crippen MR) is 124 cm³/mol. The number of amides is 4. The summed E-state index contributed by atoms with van der Waals surface area (Å²) in [4.78, 5) is 51.3. The molecule has 2 unspecified atom stereocenters. The van der Waals surface area contributed by atoms with E-state index in [1.165, 1.54) is 0 Å². The van der Waals surface area contributed by atoms with E-state index in [-0.39, 0.29) is 17.7 Å². The number of ether oxygens (including phenoxy) is 1. The fourth-order valence-corrected chi connectivity index (χ4v) is 5.06. The molecule has 10 heteroatoms. The summed E-state index contributed by atoms with van der Waals surface area (Å²) in [5.74, 6) is -1.89. The first kappa shape index (κ1) is 26.4. The highest BCUT2D eigenvalue weighted by Gasteiger charge is 2.44. The Bertz CT molecular complexity index is 746. The highest BCUT2D eigenvalue weighted by molar-refractivity contribution is 5.94. The Hall–Kier alpha value is -2.20. The lowest BCUT2D eigenvalue weighted by molar-refractivity contribution is -0.142. The highest BCUT2D eigenvalue weighted by atomic mass is 16.5. The van der Waals surface area contributed by atoms with Gasteiger partial charge < -0.3 is 31.1 Å². The van der Waals surface area contributed by atoms with E-state index in [2.05, 4.69) is 21.3 Å². The minimum Gasteiger partial charge on any atom is -0.381 e. The molecule has 192 valence electrons. The van der Waals surface area contributed by atoms with Crippen molar-refractivity contribution in [3.05, 3.63) is 0 Å². The summed E-state index contributed by atoms with van der Waals surface area (Å²) in [6.07, 6.45) is 5.05. The summed E-state index contributed by atoms with van der Waals surface area (Å²) in [5, 5.41) is 22.1. The van der Waals surface area contributed by atoms with Crippen molar-refractivity contribution in [3.63, 3.8) is 0 Å². The molecule has 3 fully saturated rings. The lowest BCUT2D eigenvalue weighted by atomic mass is 9.80. The summed E-state index contributed by atoms with van der Waals surface area (Å²) < 4.78 is 5.49. The fourth-order valence-electron chi connectivity index (χ4n) is 5.06. The van der Waals surface area contributed by atoms with Gasteiger partial charge in [0.25, 0.3) is 5.91 Å². The van der Waals surface area contributed by atoms with Crippen LogP contribution in [-0.4, -0.2) is 71.7 Å². The standard InChI is InChI=1S/C24H40N4O6/c1-15(2)18(19(29)22(32)26-16-9-4-7-13-25-20(16)30)27-23(33)24(11-5-3-6-12-24)28-21(31)17-10-8-14-34-17/h15-19,29H,3-14H2,1-2H3,(H,25,30)(H,26,32)(H,27,33)(H,28,31)/t16-,17+,18?,19?/m0/s1. The van der Waals surface area contributed by atoms with Gasteiger partial charge in [-0.05, 0) is 50.9 Å². The van der Waals surface area contributed by atoms with Gasteiger partial charge >= 0.3 is 0 Å². The largest absolute Gasteiger partial charge is 0.381 e. The van der Waals surface area contributed by atoms with E-state index < -0.39 is 41.6 Å². The SMILES string of the molecule is CC(C)C(NC(=O)C1(NC(=O)[C@H]2CCCO2)CCCCC1)C(O)C(=O)N[C@H]1CCCCNC1=O. The second-order valence-electron chi connectivity index (χ2n) is 10.2. The molecule has 4 atom stereocenters. The third-order valence-corrected chi connectivity index (χ3v) is 7.20. The molecule has 2 aliphatic heterocycles. The molecule has 4 amide bonds. The van der Waals surface area contributed by atoms with Gasteiger partial charge in [0, 0.05) is 13.2 Å². The molecule has 3 rings (SSSR count). The Morgan fingerprint density at radius 2 is 1.79 bits per heavy atom. The molecule has 1 saturated carbocycles. The van der Waals surface area contributed by atoms with E-state index in [0.29, 0.717) is 38.8 Å². The maximum Gasteiger partial charge on any atom is 0.251 e. The van der Waals surface area contributed by atoms with Gasteiger partial charge in [-0.25, -0.2) is 0 Å². The molecular formula is C24H40N4O6. The Morgan fingerprint density at radius 3 is 2.44 bits per heavy atom. The number of carbonyl (C=O) groups is 4. The van der Waals surface area contributed by atoms with Gasteiger partial charge in [-0.2, -0.15) is 0 Å². The van der Waals surface area contributed by atoms with Crippen molar-refractivity contribution < 1.29 is 29.0 Å². The first-order valence-corrected chi connectivity index (χ1v) is 12.7. The molecule has 0 radical (unpaired) electrons. The van der Waals surface area contributed by atoms with Gasteiger partial charge in [0.2, 0.25) is 17.7 Å². The number of hydrogen-bond donors (Lipinski definition) is 5. The summed E-state index contributed by atoms with van der Waals surface area (Å²) >= 11 is 0. The highest BCUT2D eigenvalue weighted by Crippen LogP contribution is 2.30. The second-order valence-corrected chi connectivity index (χ2v) is 10.2. The van der Waals surface area contributed by atoms with E-state index in [4.69, 9.17) is 4.74 Å². The summed E-state index contributed by atoms with van der Waals surface area (Å²) in [6.45, 7) is 4.71. The van der Waals surface area contributed by atoms with Crippen LogP contribution < -0.4 is 21.3 Å². The van der Waals surface area contributed by atoms with Crippen LogP contribution in [-0.2, 0) is 23.9 Å². The van der Waals surface area contributed by atoms with Gasteiger partial charge in [0.15, 0.2) is 6.10 Å². The Balaban J connectivity index is 1.68. The Kier molecular flexibility index (Phi) is 9.30. The maximum absolute atomic E-state index is 13.5. The van der Waals surface area contributed by atoms with E-state index in [1.54, 1.807) is 13.8 Å². The normalized spacial score (nSPS) is 26.6. The lowest BCUT2D eigenvalue weighted by Gasteiger charge is -2.39. The quantitative estimate of drug-likeness (QED) is 0.337. The van der Waals surface area contributed by atoms with Crippen molar-refractivity contribution in [2.45, 2.75) is 108 Å². The van der Waals surface area contributed by atoms with Crippen LogP contribution in [0.5, 0.6) is 0 Å². The van der Waals surface area contributed by atoms with E-state index in [9.17, 15) is 24.3 Å². The fraction of sp³-hybridized carbons (Fsp3) is 0.833. The van der Waals surface area contributed by atoms with Crippen molar-refractivity contribution in [1.29, 1.82) is 0 Å². The second kappa shape index (κ2) is 12.0. The minimum atomic E-state index is -1.53. The molecule has 0 bridgehead atoms. The van der Waals surface area contributed by atoms with Gasteiger partial charge in [0.05, 0.1) is 6.04 Å². The summed E-state index contributed by atoms with van der Waals surface area (Å²) in [5.41, 5.74) is -1.09. The molecular weight excluding hydrogens is 440 g/mol. The lowest BCUT2D eigenvalue weighted by Crippen LogP contribution is -2.65. The van der Waals surface area contributed by atoms with E-state index in [0.717, 1.165) is 38.5 Å². The average Bonchev–Trinajstić information content (AvgIpc) is 3.29. The first-order valence-electron chi connectivity index (χ1n) is 12.7. The summed E-state index contributed by atoms with van der Waals surface area (Å²) in [7, 11) is 0. The molecule has 0 aromatic carbocycles. The maximum atomic E-state index is 13.5. The number of carbonyl (C=O) groups excluding carboxylic acids is 4. The number of hydrogen-bond acceptors (Lipinski definition) is 6. The molecule has 2 heterocycles. The van der Waals surface area contributed by atoms with Crippen LogP contribution in [0.3, 0.4) is 0 Å². The molecule has 0 aromatic rings. The molecule has 5 N–H and O–H groups in total. The number of nitrogens with one attached hydrogen (secondary N) is 4. The monoisotopic (exact) mass is 480 g/mol. The third kappa shape index (κ3) is 6.47. The molecule has 10 nitrogen and oxygen atoms in total. The number of aliphatic hydroxyl groups is 1. The topological polar surface area (TPSA) is 146 Å². The molecule has 1 aliphatic carbocycles. The van der Waals surface area contributed by atoms with Crippen LogP contribution in [0, 0.1) is 5.92 Å². The summed E-state index contributed by atoms with van der Waals surface area (Å²) in [6, 6.07) is -1.58. The smallest absolute Gasteiger partial charge is 0.251 e. The van der Waals surface area contributed by atoms with Crippen LogP contribution in [0.25, 0.3) is 0 Å². The van der Waals surface area contributed by atoms with Crippen LogP contribution in [0.1, 0.15) is 78.1 Å². The average molecular weight is 481 g/mol. The van der Waals surface area contributed by atoms with Crippen LogP contribution >= 0.6 is 0 Å². The zero-order chi connectivity index (χ0) is 24.7. The molecule has 2 saturated heterocycles. The van der Waals surface area contributed by atoms with Crippen LogP contribution in [0.4, 0.5) is 0 Å². The van der Waals surface area contributed by atoms with Crippen molar-refractivity contribution in [2.24, 2.45) is 5.92 Å². The van der Waals surface area contributed by atoms with Crippen LogP contribution in [0.2, 0.25) is 0 Å². The van der Waals surface area contributed by atoms with Gasteiger partial charge in [0.1, 0.15) is 17.7 Å². The zero-order valence-corrected chi connectivity index (χ0v) is 20.4. The van der Waals surface area contributed by atoms with E-state index >= 15 is 0 Å². The first-order chi connectivity index (χ1) is 16.2. The number of rotatable bonds is 8. The molecule has 34 heavy (non-hydrogen) atoms. The van der Waals surface area contributed by atoms with Gasteiger partial charge in [-0.15, -0.1) is 0 Å². The molecule has 0 spiro atoms. The minimum absolute atomic E-state index is 0.262. The number of aliphatic hydroxyl groups excluding tert-OH is 1. The zero-order valence-electron chi connectivity index (χ0n) is 20.4. The molecule has 0 aromatic heterocycles. The Labute approximate surface area is 201 Å². The van der Waals surface area contributed by atoms with Gasteiger partial charge in [-0.3, -0.25) is 19.2 Å². The van der Waals surface area contributed by atoms with Crippen molar-refractivity contribution >= 4 is 23.6 Å². The predicted octanol–water partition coefficient (Wildman–Crippen LogP) is 0.271.